The van der Waals surface area contributed by atoms with E-state index in [4.69, 9.17) is 0 Å². The topological polar surface area (TPSA) is 0 Å². The molecule has 5 aromatic carbocycles. The zero-order chi connectivity index (χ0) is 17.8. The van der Waals surface area contributed by atoms with Gasteiger partial charge in [-0.2, -0.15) is 0 Å². The molecule has 0 saturated heterocycles. The molecule has 1 heteroatoms. The van der Waals surface area contributed by atoms with Crippen molar-refractivity contribution in [3.05, 3.63) is 97.1 Å². The van der Waals surface area contributed by atoms with Crippen molar-refractivity contribution in [2.45, 2.75) is 0 Å². The summed E-state index contributed by atoms with van der Waals surface area (Å²) in [5.74, 6) is 0. The first-order valence-corrected chi connectivity index (χ1v) is 10.0. The summed E-state index contributed by atoms with van der Waals surface area (Å²) in [4.78, 5) is 1.33. The van der Waals surface area contributed by atoms with Crippen LogP contribution in [0.3, 0.4) is 0 Å². The van der Waals surface area contributed by atoms with E-state index in [1.165, 1.54) is 52.8 Å². The zero-order valence-corrected chi connectivity index (χ0v) is 15.5. The van der Waals surface area contributed by atoms with Crippen LogP contribution in [0, 0.1) is 0 Å². The molecule has 1 heterocycles. The van der Waals surface area contributed by atoms with Crippen LogP contribution in [0.5, 0.6) is 0 Å². The number of rotatable bonds is 1. The minimum Gasteiger partial charge on any atom is -0.135 e. The molecule has 0 spiro atoms. The third-order valence-corrected chi connectivity index (χ3v) is 6.65. The van der Waals surface area contributed by atoms with Crippen molar-refractivity contribution in [3.8, 4) is 10.4 Å². The van der Waals surface area contributed by atoms with Crippen molar-refractivity contribution in [1.29, 1.82) is 0 Å². The van der Waals surface area contributed by atoms with Gasteiger partial charge in [0.05, 0.1) is 0 Å². The summed E-state index contributed by atoms with van der Waals surface area (Å²) in [5.41, 5.74) is 1.29. The molecule has 0 amide bonds. The van der Waals surface area contributed by atoms with Crippen molar-refractivity contribution < 1.29 is 0 Å². The van der Waals surface area contributed by atoms with Gasteiger partial charge in [-0.25, -0.2) is 0 Å². The first kappa shape index (κ1) is 15.0. The molecule has 0 aliphatic rings. The summed E-state index contributed by atoms with van der Waals surface area (Å²) < 4.78 is 1.38. The summed E-state index contributed by atoms with van der Waals surface area (Å²) in [7, 11) is 0. The van der Waals surface area contributed by atoms with Gasteiger partial charge in [-0.15, -0.1) is 11.3 Å². The summed E-state index contributed by atoms with van der Waals surface area (Å²) in [6, 6.07) is 35.4. The smallest absolute Gasteiger partial charge is 0.0428 e. The molecule has 6 aromatic rings. The molecule has 0 N–H and O–H groups in total. The Bertz CT molecular complexity index is 1460. The van der Waals surface area contributed by atoms with Gasteiger partial charge < -0.3 is 0 Å². The van der Waals surface area contributed by atoms with E-state index >= 15 is 0 Å². The monoisotopic (exact) mass is 360 g/mol. The van der Waals surface area contributed by atoms with Gasteiger partial charge in [-0.3, -0.25) is 0 Å². The summed E-state index contributed by atoms with van der Waals surface area (Å²) in [6.45, 7) is 0. The number of fused-ring (bicyclic) bond motifs is 6. The predicted octanol–water partition coefficient (Wildman–Crippen LogP) is 8.03. The van der Waals surface area contributed by atoms with Crippen molar-refractivity contribution in [2.75, 3.05) is 0 Å². The maximum absolute atomic E-state index is 2.34. The van der Waals surface area contributed by atoms with E-state index in [1.54, 1.807) is 0 Å². The fourth-order valence-corrected chi connectivity index (χ4v) is 5.26. The average Bonchev–Trinajstić information content (AvgIpc) is 3.17. The van der Waals surface area contributed by atoms with E-state index in [2.05, 4.69) is 97.1 Å². The fraction of sp³-hybridized carbons (Fsp3) is 0. The van der Waals surface area contributed by atoms with Gasteiger partial charge in [0.15, 0.2) is 0 Å². The zero-order valence-electron chi connectivity index (χ0n) is 14.6. The van der Waals surface area contributed by atoms with Crippen LogP contribution in [0.15, 0.2) is 97.1 Å². The van der Waals surface area contributed by atoms with Crippen molar-refractivity contribution in [3.63, 3.8) is 0 Å². The maximum Gasteiger partial charge on any atom is 0.0428 e. The lowest BCUT2D eigenvalue weighted by Crippen LogP contribution is -1.80. The Labute approximate surface area is 161 Å². The quantitative estimate of drug-likeness (QED) is 0.206. The van der Waals surface area contributed by atoms with Gasteiger partial charge >= 0.3 is 0 Å². The summed E-state index contributed by atoms with van der Waals surface area (Å²) in [6.07, 6.45) is 0. The highest BCUT2D eigenvalue weighted by Gasteiger charge is 2.10. The Morgan fingerprint density at radius 3 is 2.00 bits per heavy atom. The van der Waals surface area contributed by atoms with Crippen LogP contribution in [-0.2, 0) is 0 Å². The van der Waals surface area contributed by atoms with Crippen LogP contribution in [0.2, 0.25) is 0 Å². The van der Waals surface area contributed by atoms with Crippen LogP contribution in [0.4, 0.5) is 0 Å². The molecule has 1 aromatic heterocycles. The number of benzene rings is 5. The highest BCUT2D eigenvalue weighted by molar-refractivity contribution is 7.23. The van der Waals surface area contributed by atoms with Crippen LogP contribution in [0.1, 0.15) is 0 Å². The largest absolute Gasteiger partial charge is 0.135 e. The van der Waals surface area contributed by atoms with Gasteiger partial charge in [-0.1, -0.05) is 78.9 Å². The lowest BCUT2D eigenvalue weighted by molar-refractivity contribution is 1.70. The molecular weight excluding hydrogens is 344 g/mol. The van der Waals surface area contributed by atoms with Crippen LogP contribution in [-0.4, -0.2) is 0 Å². The molecule has 0 fully saturated rings. The molecule has 6 rings (SSSR count). The average molecular weight is 360 g/mol. The van der Waals surface area contributed by atoms with E-state index < -0.39 is 0 Å². The summed E-state index contributed by atoms with van der Waals surface area (Å²) >= 11 is 1.89. The number of hydrogen-bond donors (Lipinski definition) is 0. The first-order valence-electron chi connectivity index (χ1n) is 9.20. The Hall–Kier alpha value is -3.16. The standard InChI is InChI=1S/C26H16S/c1-2-6-17(7-3-1)25-16-21-11-12-22-23(26(21)27-25)13-10-20-14-18-8-4-5-9-19(18)15-24(20)22/h1-16H. The minimum absolute atomic E-state index is 1.29. The van der Waals surface area contributed by atoms with E-state index in [1.807, 2.05) is 11.3 Å². The van der Waals surface area contributed by atoms with E-state index in [-0.39, 0.29) is 0 Å². The van der Waals surface area contributed by atoms with E-state index in [9.17, 15) is 0 Å². The molecule has 0 nitrogen and oxygen atoms in total. The molecule has 0 unspecified atom stereocenters. The molecule has 0 aliphatic carbocycles. The van der Waals surface area contributed by atoms with Gasteiger partial charge in [0.1, 0.15) is 0 Å². The van der Waals surface area contributed by atoms with Crippen LogP contribution < -0.4 is 0 Å². The highest BCUT2D eigenvalue weighted by atomic mass is 32.1. The number of thiophene rings is 1. The Morgan fingerprint density at radius 1 is 0.444 bits per heavy atom. The van der Waals surface area contributed by atoms with E-state index in [0.717, 1.165) is 0 Å². The highest BCUT2D eigenvalue weighted by Crippen LogP contribution is 2.40. The van der Waals surface area contributed by atoms with E-state index in [0.29, 0.717) is 0 Å². The fourth-order valence-electron chi connectivity index (χ4n) is 4.07. The van der Waals surface area contributed by atoms with Crippen LogP contribution >= 0.6 is 11.3 Å². The van der Waals surface area contributed by atoms with Crippen molar-refractivity contribution in [1.82, 2.24) is 0 Å². The lowest BCUT2D eigenvalue weighted by atomic mass is 9.97. The Balaban J connectivity index is 1.68. The van der Waals surface area contributed by atoms with Crippen molar-refractivity contribution in [2.24, 2.45) is 0 Å². The summed E-state index contributed by atoms with van der Waals surface area (Å²) in [5, 5.41) is 9.26. The van der Waals surface area contributed by atoms with Gasteiger partial charge in [-0.05, 0) is 56.1 Å². The van der Waals surface area contributed by atoms with Crippen LogP contribution in [0.25, 0.3) is 52.8 Å². The first-order chi connectivity index (χ1) is 13.4. The van der Waals surface area contributed by atoms with Gasteiger partial charge in [0.2, 0.25) is 0 Å². The number of hydrogen-bond acceptors (Lipinski definition) is 1. The molecule has 0 bridgehead atoms. The SMILES string of the molecule is c1ccc(-c2cc3ccc4c5cc6ccccc6cc5ccc4c3s2)cc1. The molecular formula is C26H16S. The molecule has 0 aliphatic heterocycles. The molecule has 0 atom stereocenters. The minimum atomic E-state index is 1.29. The molecule has 27 heavy (non-hydrogen) atoms. The molecule has 0 saturated carbocycles. The third kappa shape index (κ3) is 2.29. The lowest BCUT2D eigenvalue weighted by Gasteiger charge is -2.07. The second kappa shape index (κ2) is 5.67. The Morgan fingerprint density at radius 2 is 1.15 bits per heavy atom. The Kier molecular flexibility index (Phi) is 3.14. The third-order valence-electron chi connectivity index (χ3n) is 5.42. The van der Waals surface area contributed by atoms with Gasteiger partial charge in [0.25, 0.3) is 0 Å². The molecule has 126 valence electrons. The second-order valence-electron chi connectivity index (χ2n) is 7.04. The molecule has 0 radical (unpaired) electrons. The van der Waals surface area contributed by atoms with Crippen molar-refractivity contribution >= 4 is 53.7 Å². The maximum atomic E-state index is 2.34. The predicted molar refractivity (Wildman–Crippen MR) is 120 cm³/mol. The van der Waals surface area contributed by atoms with Gasteiger partial charge in [0, 0.05) is 15.0 Å². The second-order valence-corrected chi connectivity index (χ2v) is 8.09. The normalized spacial score (nSPS) is 11.7.